The molecule has 0 spiro atoms. The number of benzene rings is 2. The molecule has 0 nitrogen and oxygen atoms in total. The Morgan fingerprint density at radius 1 is 0.193 bits per heavy atom. The van der Waals surface area contributed by atoms with Gasteiger partial charge in [0, 0.05) is 72.1 Å². The lowest BCUT2D eigenvalue weighted by atomic mass is 10.0. The Morgan fingerprint density at radius 3 is 0.477 bits per heavy atom. The van der Waals surface area contributed by atoms with Crippen molar-refractivity contribution in [1.82, 2.24) is 0 Å². The van der Waals surface area contributed by atoms with Crippen molar-refractivity contribution in [2.75, 3.05) is 0 Å². The monoisotopic (exact) mass is 1380 g/mol. The SMILES string of the molecule is CCC[Si](CCC)(C[C@@H](C)c1ccccc1)[Si](CCC)(CCC)[Si](CCC)(CCC)[Si](CCC)(CCC)[Si](CCC)(CCC)[Si](CCC)(CCC)[Si](CCC)(CCC)[Si](CCC)(CCC)[Si](CCC)(CCC)[Si](CCC)(CCC)C[C@@H](C)c1ccccc1. The minimum Gasteiger partial charge on any atom is -0.0657 e. The third-order valence-corrected chi connectivity index (χ3v) is 238. The van der Waals surface area contributed by atoms with Gasteiger partial charge in [-0.2, -0.15) is 0 Å². The van der Waals surface area contributed by atoms with Crippen LogP contribution in [0.4, 0.5) is 0 Å². The van der Waals surface area contributed by atoms with Gasteiger partial charge in [0.1, 0.15) is 0 Å². The van der Waals surface area contributed by atoms with Crippen LogP contribution in [0.3, 0.4) is 0 Å². The molecule has 0 radical (unpaired) electrons. The molecule has 0 aliphatic carbocycles. The zero-order valence-electron chi connectivity index (χ0n) is 64.6. The molecule has 0 unspecified atom stereocenters. The molecule has 0 bridgehead atoms. The van der Waals surface area contributed by atoms with Crippen molar-refractivity contribution in [1.29, 1.82) is 0 Å². The Labute approximate surface area is 564 Å². The van der Waals surface area contributed by atoms with Crippen LogP contribution in [0.5, 0.6) is 0 Å². The quantitative estimate of drug-likeness (QED) is 0.0579. The van der Waals surface area contributed by atoms with Gasteiger partial charge in [0.05, 0.1) is 0 Å². The molecule has 2 atom stereocenters. The summed E-state index contributed by atoms with van der Waals surface area (Å²) in [5.41, 5.74) is 3.39. The summed E-state index contributed by atoms with van der Waals surface area (Å²) >= 11 is 0. The maximum Gasteiger partial charge on any atom is 0.0456 e. The van der Waals surface area contributed by atoms with E-state index >= 15 is 0 Å². The van der Waals surface area contributed by atoms with Gasteiger partial charge in [-0.15, -0.1) is 0 Å². The van der Waals surface area contributed by atoms with Crippen molar-refractivity contribution in [3.8, 4) is 0 Å². The smallest absolute Gasteiger partial charge is 0.0456 e. The molecule has 0 amide bonds. The molecule has 0 saturated carbocycles. The van der Waals surface area contributed by atoms with Crippen molar-refractivity contribution < 1.29 is 0 Å². The van der Waals surface area contributed by atoms with Crippen LogP contribution in [0.1, 0.15) is 304 Å². The van der Waals surface area contributed by atoms with E-state index in [1.807, 2.05) is 48.4 Å². The minimum atomic E-state index is -2.20. The molecular weight excluding hydrogens is 1220 g/mol. The Bertz CT molecular complexity index is 1850. The molecule has 0 saturated heterocycles. The van der Waals surface area contributed by atoms with Gasteiger partial charge in [0.15, 0.2) is 0 Å². The first kappa shape index (κ1) is 84.7. The van der Waals surface area contributed by atoms with Crippen LogP contribution in [0.2, 0.25) is 133 Å². The van der Waals surface area contributed by atoms with E-state index in [1.165, 1.54) is 128 Å². The molecular formula is C78H162Si10. The summed E-state index contributed by atoms with van der Waals surface area (Å²) < 4.78 is 0. The van der Waals surface area contributed by atoms with Crippen LogP contribution in [-0.4, -0.2) is 72.1 Å². The molecule has 2 aromatic rings. The van der Waals surface area contributed by atoms with E-state index in [0.717, 1.165) is 0 Å². The summed E-state index contributed by atoms with van der Waals surface area (Å²) in [5, 5.41) is 0. The Kier molecular flexibility index (Phi) is 40.7. The second kappa shape index (κ2) is 42.3. The first-order chi connectivity index (χ1) is 42.4. The number of hydrogen-bond donors (Lipinski definition) is 0. The number of hydrogen-bond acceptors (Lipinski definition) is 0. The lowest BCUT2D eigenvalue weighted by Gasteiger charge is -2.77. The molecule has 0 heterocycles. The summed E-state index contributed by atoms with van der Waals surface area (Å²) in [4.78, 5) is 0. The average molecular weight is 1380 g/mol. The summed E-state index contributed by atoms with van der Waals surface area (Å²) in [7, 11) is -20.9. The van der Waals surface area contributed by atoms with Gasteiger partial charge in [-0.05, 0) is 23.0 Å². The molecule has 0 aliphatic rings. The highest BCUT2D eigenvalue weighted by Crippen LogP contribution is 2.66. The van der Waals surface area contributed by atoms with Crippen molar-refractivity contribution in [3.63, 3.8) is 0 Å². The predicted octanol–water partition coefficient (Wildman–Crippen LogP) is 29.0. The zero-order valence-corrected chi connectivity index (χ0v) is 74.6. The largest absolute Gasteiger partial charge is 0.0657 e. The fourth-order valence-electron chi connectivity index (χ4n) is 26.2. The molecule has 88 heavy (non-hydrogen) atoms. The van der Waals surface area contributed by atoms with E-state index in [-0.39, 0.29) is 0 Å². The molecule has 0 fully saturated rings. The third-order valence-electron chi connectivity index (χ3n) is 26.3. The van der Waals surface area contributed by atoms with E-state index in [0.29, 0.717) is 11.8 Å². The molecule has 0 aromatic heterocycles. The first-order valence-electron chi connectivity index (χ1n) is 40.5. The molecule has 2 aromatic carbocycles. The van der Waals surface area contributed by atoms with Crippen molar-refractivity contribution in [2.24, 2.45) is 0 Å². The second-order valence-electron chi connectivity index (χ2n) is 31.2. The van der Waals surface area contributed by atoms with Crippen LogP contribution in [0.15, 0.2) is 60.7 Å². The van der Waals surface area contributed by atoms with Crippen LogP contribution in [0, 0.1) is 0 Å². The van der Waals surface area contributed by atoms with Gasteiger partial charge >= 0.3 is 0 Å². The normalized spacial score (nSPS) is 14.5. The van der Waals surface area contributed by atoms with E-state index in [2.05, 4.69) is 213 Å². The predicted molar refractivity (Wildman–Crippen MR) is 439 cm³/mol. The zero-order chi connectivity index (χ0) is 66.1. The highest BCUT2D eigenvalue weighted by molar-refractivity contribution is 8.08. The van der Waals surface area contributed by atoms with E-state index in [4.69, 9.17) is 0 Å². The van der Waals surface area contributed by atoms with E-state index in [9.17, 15) is 0 Å². The van der Waals surface area contributed by atoms with Crippen LogP contribution in [0.25, 0.3) is 0 Å². The van der Waals surface area contributed by atoms with Gasteiger partial charge in [0.2, 0.25) is 0 Å². The third kappa shape index (κ3) is 16.6. The molecule has 10 heteroatoms. The van der Waals surface area contributed by atoms with Crippen molar-refractivity contribution >= 4 is 72.1 Å². The molecule has 0 aliphatic heterocycles. The summed E-state index contributed by atoms with van der Waals surface area (Å²) in [6.07, 6.45) is 30.2. The fourth-order valence-corrected chi connectivity index (χ4v) is 399. The van der Waals surface area contributed by atoms with Gasteiger partial charge in [-0.3, -0.25) is 0 Å². The Morgan fingerprint density at radius 2 is 0.330 bits per heavy atom. The maximum absolute atomic E-state index is 2.90. The standard InChI is InChI=1S/C78H162Si10/c1-23-53-79(54-24-2,73-75(21)77-49-45-43-46-50-77)81(57-27-5,58-28-6)83(61-31-9,62-32-10)85(65-35-13,66-36-14)87(69-39-17,70-40-18)88(71-41-19,72-42-20)86(67-37-15,68-38-16)84(63-33-11,64-34-12)82(59-29-7,60-30-8)80(55-25-3,56-26-4)74-76(22)78-51-47-44-48-52-78/h43-52,75-76H,23-42,53-74H2,1-22H3/t75-,76-/m1/s1. The highest BCUT2D eigenvalue weighted by Gasteiger charge is 2.83. The molecule has 2 rings (SSSR count). The van der Waals surface area contributed by atoms with Crippen LogP contribution in [-0.2, 0) is 0 Å². The highest BCUT2D eigenvalue weighted by atomic mass is 30.1. The van der Waals surface area contributed by atoms with E-state index in [1.54, 1.807) is 95.7 Å². The molecule has 514 valence electrons. The topological polar surface area (TPSA) is 0 Å². The first-order valence-corrected chi connectivity index (χ1v) is 74.1. The van der Waals surface area contributed by atoms with Gasteiger partial charge in [-0.25, -0.2) is 0 Å². The van der Waals surface area contributed by atoms with Gasteiger partial charge in [-0.1, -0.05) is 474 Å². The van der Waals surface area contributed by atoms with Gasteiger partial charge < -0.3 is 0 Å². The lowest BCUT2D eigenvalue weighted by Crippen LogP contribution is -3.01. The summed E-state index contributed by atoms with van der Waals surface area (Å²) in [5.74, 6) is 1.38. The van der Waals surface area contributed by atoms with Crippen molar-refractivity contribution in [3.05, 3.63) is 71.8 Å². The summed E-state index contributed by atoms with van der Waals surface area (Å²) in [6.45, 7) is 62.4. The van der Waals surface area contributed by atoms with Crippen molar-refractivity contribution in [2.45, 2.75) is 426 Å². The fraction of sp³-hybridized carbons (Fsp3) is 0.846. The number of rotatable bonds is 55. The Hall–Kier alpha value is 0.609. The average Bonchev–Trinajstić information content (AvgIpc) is 3.50. The summed E-state index contributed by atoms with van der Waals surface area (Å²) in [6, 6.07) is 63.4. The lowest BCUT2D eigenvalue weighted by molar-refractivity contribution is 0.822. The van der Waals surface area contributed by atoms with Gasteiger partial charge in [0.25, 0.3) is 0 Å². The second-order valence-corrected chi connectivity index (χ2v) is 129. The van der Waals surface area contributed by atoms with E-state index < -0.39 is 72.1 Å². The Balaban J connectivity index is 4.26. The van der Waals surface area contributed by atoms with Crippen LogP contribution >= 0.6 is 0 Å². The minimum absolute atomic E-state index is 0.691. The maximum atomic E-state index is 2.90. The molecule has 0 N–H and O–H groups in total. The van der Waals surface area contributed by atoms with Crippen LogP contribution < -0.4 is 0 Å².